The second-order valence-electron chi connectivity index (χ2n) is 6.14. The summed E-state index contributed by atoms with van der Waals surface area (Å²) in [5.41, 5.74) is 0. The average molecular weight is 335 g/mol. The minimum Gasteiger partial charge on any atom is -0.383 e. The number of likely N-dealkylation sites (tertiary alicyclic amines) is 1. The molecule has 2 fully saturated rings. The smallest absolute Gasteiger partial charge is 0.279 e. The number of hydrogen-bond acceptors (Lipinski definition) is 5. The van der Waals surface area contributed by atoms with Gasteiger partial charge in [0, 0.05) is 46.9 Å². The molecule has 1 unspecified atom stereocenters. The normalized spacial score (nSPS) is 25.8. The molecule has 0 radical (unpaired) electrons. The Morgan fingerprint density at radius 2 is 1.86 bits per heavy atom. The zero-order valence-electron chi connectivity index (χ0n) is 13.7. The summed E-state index contributed by atoms with van der Waals surface area (Å²) in [6.45, 7) is 5.22. The van der Waals surface area contributed by atoms with Gasteiger partial charge in [0.25, 0.3) is 10.2 Å². The highest BCUT2D eigenvalue weighted by molar-refractivity contribution is 7.87. The Labute approximate surface area is 134 Å². The van der Waals surface area contributed by atoms with E-state index in [4.69, 9.17) is 9.47 Å². The summed E-state index contributed by atoms with van der Waals surface area (Å²) in [4.78, 5) is 2.33. The van der Waals surface area contributed by atoms with E-state index in [2.05, 4.69) is 9.62 Å². The molecule has 130 valence electrons. The quantitative estimate of drug-likeness (QED) is 0.671. The van der Waals surface area contributed by atoms with E-state index in [1.165, 1.54) is 0 Å². The van der Waals surface area contributed by atoms with Crippen molar-refractivity contribution in [3.8, 4) is 0 Å². The van der Waals surface area contributed by atoms with Gasteiger partial charge in [-0.15, -0.1) is 0 Å². The van der Waals surface area contributed by atoms with E-state index >= 15 is 0 Å². The van der Waals surface area contributed by atoms with Crippen LogP contribution >= 0.6 is 0 Å². The first kappa shape index (κ1) is 18.1. The highest BCUT2D eigenvalue weighted by atomic mass is 32.2. The Bertz CT molecular complexity index is 424. The fourth-order valence-corrected chi connectivity index (χ4v) is 4.45. The summed E-state index contributed by atoms with van der Waals surface area (Å²) >= 11 is 0. The lowest BCUT2D eigenvalue weighted by atomic mass is 10.1. The highest BCUT2D eigenvalue weighted by Crippen LogP contribution is 2.17. The van der Waals surface area contributed by atoms with Crippen molar-refractivity contribution in [2.24, 2.45) is 5.92 Å². The molecule has 1 atom stereocenters. The predicted octanol–water partition coefficient (Wildman–Crippen LogP) is -0.100. The lowest BCUT2D eigenvalue weighted by Gasteiger charge is -2.30. The first-order valence-corrected chi connectivity index (χ1v) is 9.48. The maximum Gasteiger partial charge on any atom is 0.279 e. The fourth-order valence-electron chi connectivity index (χ4n) is 3.13. The molecule has 2 aliphatic heterocycles. The number of rotatable bonds is 8. The van der Waals surface area contributed by atoms with Crippen molar-refractivity contribution in [3.63, 3.8) is 0 Å². The fraction of sp³-hybridized carbons (Fsp3) is 1.00. The van der Waals surface area contributed by atoms with Crippen molar-refractivity contribution in [1.29, 1.82) is 0 Å². The number of nitrogens with zero attached hydrogens (tertiary/aromatic N) is 2. The van der Waals surface area contributed by atoms with Crippen LogP contribution in [0.15, 0.2) is 0 Å². The SMILES string of the molecule is COCCN1CCC(CNS(=O)(=O)N2CCC(OC)CC2)C1. The molecule has 0 bridgehead atoms. The molecule has 7 nitrogen and oxygen atoms in total. The third-order valence-electron chi connectivity index (χ3n) is 4.61. The van der Waals surface area contributed by atoms with Crippen LogP contribution in [0.25, 0.3) is 0 Å². The van der Waals surface area contributed by atoms with Gasteiger partial charge in [0.05, 0.1) is 12.7 Å². The van der Waals surface area contributed by atoms with Gasteiger partial charge in [-0.3, -0.25) is 0 Å². The van der Waals surface area contributed by atoms with E-state index in [0.717, 1.165) is 45.5 Å². The summed E-state index contributed by atoms with van der Waals surface area (Å²) < 4.78 is 39.3. The Kier molecular flexibility index (Phi) is 7.04. The molecular weight excluding hydrogens is 306 g/mol. The van der Waals surface area contributed by atoms with Gasteiger partial charge in [-0.1, -0.05) is 0 Å². The lowest BCUT2D eigenvalue weighted by molar-refractivity contribution is 0.0601. The van der Waals surface area contributed by atoms with Crippen molar-refractivity contribution in [1.82, 2.24) is 13.9 Å². The van der Waals surface area contributed by atoms with E-state index in [-0.39, 0.29) is 6.10 Å². The third-order valence-corrected chi connectivity index (χ3v) is 6.19. The minimum atomic E-state index is -3.35. The monoisotopic (exact) mass is 335 g/mol. The zero-order chi connectivity index (χ0) is 16.0. The average Bonchev–Trinajstić information content (AvgIpc) is 2.99. The lowest BCUT2D eigenvalue weighted by Crippen LogP contribution is -2.47. The summed E-state index contributed by atoms with van der Waals surface area (Å²) in [6, 6.07) is 0. The Morgan fingerprint density at radius 3 is 2.50 bits per heavy atom. The van der Waals surface area contributed by atoms with Crippen LogP contribution < -0.4 is 4.72 Å². The summed E-state index contributed by atoms with van der Waals surface area (Å²) in [5, 5.41) is 0. The number of methoxy groups -OCH3 is 2. The number of piperidine rings is 1. The van der Waals surface area contributed by atoms with Crippen LogP contribution in [0.2, 0.25) is 0 Å². The van der Waals surface area contributed by atoms with Crippen molar-refractivity contribution in [2.45, 2.75) is 25.4 Å². The van der Waals surface area contributed by atoms with Gasteiger partial charge in [-0.25, -0.2) is 4.72 Å². The first-order chi connectivity index (χ1) is 10.5. The van der Waals surface area contributed by atoms with E-state index in [0.29, 0.717) is 25.6 Å². The molecule has 2 rings (SSSR count). The molecule has 0 aromatic heterocycles. The molecular formula is C14H29N3O4S. The van der Waals surface area contributed by atoms with Gasteiger partial charge >= 0.3 is 0 Å². The minimum absolute atomic E-state index is 0.190. The second kappa shape index (κ2) is 8.56. The largest absolute Gasteiger partial charge is 0.383 e. The van der Waals surface area contributed by atoms with E-state index in [1.807, 2.05) is 0 Å². The number of ether oxygens (including phenoxy) is 2. The van der Waals surface area contributed by atoms with E-state index < -0.39 is 10.2 Å². The van der Waals surface area contributed by atoms with Crippen LogP contribution in [-0.4, -0.2) is 83.8 Å². The molecule has 2 saturated heterocycles. The maximum atomic E-state index is 12.3. The zero-order valence-corrected chi connectivity index (χ0v) is 14.5. The van der Waals surface area contributed by atoms with Crippen LogP contribution in [0.3, 0.4) is 0 Å². The predicted molar refractivity (Wildman–Crippen MR) is 84.9 cm³/mol. The second-order valence-corrected chi connectivity index (χ2v) is 7.89. The molecule has 0 saturated carbocycles. The first-order valence-electron chi connectivity index (χ1n) is 8.04. The van der Waals surface area contributed by atoms with Crippen molar-refractivity contribution < 1.29 is 17.9 Å². The Balaban J connectivity index is 1.72. The molecule has 2 heterocycles. The van der Waals surface area contributed by atoms with Gasteiger partial charge in [-0.05, 0) is 31.7 Å². The van der Waals surface area contributed by atoms with Gasteiger partial charge in [0.1, 0.15) is 0 Å². The Hall–Kier alpha value is -0.250. The molecule has 22 heavy (non-hydrogen) atoms. The van der Waals surface area contributed by atoms with Crippen LogP contribution in [0.5, 0.6) is 0 Å². The van der Waals surface area contributed by atoms with Gasteiger partial charge < -0.3 is 14.4 Å². The third kappa shape index (κ3) is 5.14. The number of nitrogens with one attached hydrogen (secondary N) is 1. The summed E-state index contributed by atoms with van der Waals surface area (Å²) in [5.74, 6) is 0.392. The van der Waals surface area contributed by atoms with Crippen molar-refractivity contribution in [2.75, 3.05) is 60.1 Å². The summed E-state index contributed by atoms with van der Waals surface area (Å²) in [7, 11) is 0.0335. The van der Waals surface area contributed by atoms with Crippen molar-refractivity contribution >= 4 is 10.2 Å². The van der Waals surface area contributed by atoms with Crippen LogP contribution in [0.1, 0.15) is 19.3 Å². The summed E-state index contributed by atoms with van der Waals surface area (Å²) in [6.07, 6.45) is 2.77. The van der Waals surface area contributed by atoms with Crippen LogP contribution in [-0.2, 0) is 19.7 Å². The van der Waals surface area contributed by atoms with E-state index in [1.54, 1.807) is 18.5 Å². The van der Waals surface area contributed by atoms with Gasteiger partial charge in [-0.2, -0.15) is 12.7 Å². The molecule has 2 aliphatic rings. The highest BCUT2D eigenvalue weighted by Gasteiger charge is 2.29. The van der Waals surface area contributed by atoms with Crippen LogP contribution in [0.4, 0.5) is 0 Å². The van der Waals surface area contributed by atoms with Crippen LogP contribution in [0, 0.1) is 5.92 Å². The Morgan fingerprint density at radius 1 is 1.14 bits per heavy atom. The molecule has 1 N–H and O–H groups in total. The molecule has 0 spiro atoms. The maximum absolute atomic E-state index is 12.3. The van der Waals surface area contributed by atoms with Gasteiger partial charge in [0.15, 0.2) is 0 Å². The molecule has 0 aromatic carbocycles. The van der Waals surface area contributed by atoms with Crippen molar-refractivity contribution in [3.05, 3.63) is 0 Å². The van der Waals surface area contributed by atoms with Gasteiger partial charge in [0.2, 0.25) is 0 Å². The number of hydrogen-bond donors (Lipinski definition) is 1. The molecule has 0 aliphatic carbocycles. The van der Waals surface area contributed by atoms with E-state index in [9.17, 15) is 8.42 Å². The standard InChI is InChI=1S/C14H29N3O4S/c1-20-10-9-16-6-3-13(12-16)11-15-22(18,19)17-7-4-14(21-2)5-8-17/h13-15H,3-12H2,1-2H3. The topological polar surface area (TPSA) is 71.1 Å². The molecule has 0 amide bonds. The molecule has 0 aromatic rings. The molecule has 8 heteroatoms.